The Morgan fingerprint density at radius 3 is 2.52 bits per heavy atom. The molecule has 0 spiro atoms. The van der Waals surface area contributed by atoms with Crippen LogP contribution in [-0.4, -0.2) is 21.6 Å². The zero-order chi connectivity index (χ0) is 19.6. The lowest BCUT2D eigenvalue weighted by Gasteiger charge is -2.12. The average Bonchev–Trinajstić information content (AvgIpc) is 3.20. The van der Waals surface area contributed by atoms with E-state index in [1.165, 1.54) is 0 Å². The molecule has 0 fully saturated rings. The summed E-state index contributed by atoms with van der Waals surface area (Å²) in [7, 11) is 1.64. The highest BCUT2D eigenvalue weighted by Gasteiger charge is 2.12. The lowest BCUT2D eigenvalue weighted by Crippen LogP contribution is -2.01. The van der Waals surface area contributed by atoms with Crippen LogP contribution in [-0.2, 0) is 6.61 Å². The SMILES string of the molecule is COc1cc2ncn(-c3ccccc3)c2cc1OCc1ccc2ccccc2n1. The van der Waals surface area contributed by atoms with Gasteiger partial charge in [0.05, 0.1) is 29.4 Å². The molecule has 0 aliphatic heterocycles. The topological polar surface area (TPSA) is 49.2 Å². The second-order valence-corrected chi connectivity index (χ2v) is 6.73. The molecule has 5 nitrogen and oxygen atoms in total. The first kappa shape index (κ1) is 17.3. The summed E-state index contributed by atoms with van der Waals surface area (Å²) in [6, 6.07) is 26.1. The van der Waals surface area contributed by atoms with Gasteiger partial charge in [-0.25, -0.2) is 9.97 Å². The summed E-state index contributed by atoms with van der Waals surface area (Å²) in [4.78, 5) is 9.19. The molecule has 0 N–H and O–H groups in total. The fourth-order valence-electron chi connectivity index (χ4n) is 3.42. The zero-order valence-electron chi connectivity index (χ0n) is 15.9. The molecule has 3 aromatic carbocycles. The number of rotatable bonds is 5. The van der Waals surface area contributed by atoms with Crippen LogP contribution < -0.4 is 9.47 Å². The molecular formula is C24H19N3O2. The Bertz CT molecular complexity index is 1300. The van der Waals surface area contributed by atoms with E-state index in [1.54, 1.807) is 7.11 Å². The number of para-hydroxylation sites is 2. The molecule has 0 bridgehead atoms. The van der Waals surface area contributed by atoms with Gasteiger partial charge in [0.15, 0.2) is 11.5 Å². The number of methoxy groups -OCH3 is 1. The van der Waals surface area contributed by atoms with Gasteiger partial charge < -0.3 is 9.47 Å². The smallest absolute Gasteiger partial charge is 0.164 e. The van der Waals surface area contributed by atoms with Crippen LogP contribution in [0.2, 0.25) is 0 Å². The van der Waals surface area contributed by atoms with Crippen molar-refractivity contribution in [2.75, 3.05) is 7.11 Å². The first-order chi connectivity index (χ1) is 14.3. The third-order valence-electron chi connectivity index (χ3n) is 4.90. The van der Waals surface area contributed by atoms with Crippen LogP contribution in [0, 0.1) is 0 Å². The minimum absolute atomic E-state index is 0.353. The largest absolute Gasteiger partial charge is 0.493 e. The van der Waals surface area contributed by atoms with Gasteiger partial charge in [0.2, 0.25) is 0 Å². The second kappa shape index (κ2) is 7.28. The highest BCUT2D eigenvalue weighted by Crippen LogP contribution is 2.33. The molecule has 2 aromatic heterocycles. The summed E-state index contributed by atoms with van der Waals surface area (Å²) in [6.45, 7) is 0.353. The summed E-state index contributed by atoms with van der Waals surface area (Å²) in [6.07, 6.45) is 1.81. The summed E-state index contributed by atoms with van der Waals surface area (Å²) in [5.74, 6) is 1.31. The van der Waals surface area contributed by atoms with E-state index in [0.29, 0.717) is 18.1 Å². The maximum absolute atomic E-state index is 6.10. The molecule has 0 radical (unpaired) electrons. The number of nitrogens with zero attached hydrogens (tertiary/aromatic N) is 3. The summed E-state index contributed by atoms with van der Waals surface area (Å²) >= 11 is 0. The monoisotopic (exact) mass is 381 g/mol. The van der Waals surface area contributed by atoms with Gasteiger partial charge in [-0.2, -0.15) is 0 Å². The Hall–Kier alpha value is -3.86. The third kappa shape index (κ3) is 3.27. The van der Waals surface area contributed by atoms with Gasteiger partial charge in [0.1, 0.15) is 12.9 Å². The maximum atomic E-state index is 6.10. The van der Waals surface area contributed by atoms with Crippen LogP contribution in [0.3, 0.4) is 0 Å². The molecule has 0 aliphatic carbocycles. The molecule has 0 aliphatic rings. The van der Waals surface area contributed by atoms with Crippen LogP contribution in [0.15, 0.2) is 85.2 Å². The van der Waals surface area contributed by atoms with E-state index in [9.17, 15) is 0 Å². The van der Waals surface area contributed by atoms with Crippen molar-refractivity contribution in [3.63, 3.8) is 0 Å². The van der Waals surface area contributed by atoms with Crippen molar-refractivity contribution in [3.05, 3.63) is 90.9 Å². The number of benzene rings is 3. The maximum Gasteiger partial charge on any atom is 0.164 e. The Morgan fingerprint density at radius 1 is 0.828 bits per heavy atom. The summed E-state index contributed by atoms with van der Waals surface area (Å²) in [5.41, 5.74) is 4.67. The molecule has 29 heavy (non-hydrogen) atoms. The van der Waals surface area contributed by atoms with Crippen molar-refractivity contribution >= 4 is 21.9 Å². The normalized spacial score (nSPS) is 11.1. The summed E-state index contributed by atoms with van der Waals surface area (Å²) in [5, 5.41) is 1.11. The van der Waals surface area contributed by atoms with Crippen LogP contribution in [0.4, 0.5) is 0 Å². The number of fused-ring (bicyclic) bond motifs is 2. The van der Waals surface area contributed by atoms with E-state index in [4.69, 9.17) is 9.47 Å². The highest BCUT2D eigenvalue weighted by atomic mass is 16.5. The molecule has 2 heterocycles. The van der Waals surface area contributed by atoms with Crippen LogP contribution in [0.5, 0.6) is 11.5 Å². The van der Waals surface area contributed by atoms with Gasteiger partial charge in [-0.05, 0) is 24.3 Å². The molecular weight excluding hydrogens is 362 g/mol. The van der Waals surface area contributed by atoms with E-state index in [2.05, 4.69) is 22.1 Å². The Labute approximate surface area is 168 Å². The highest BCUT2D eigenvalue weighted by molar-refractivity contribution is 5.82. The quantitative estimate of drug-likeness (QED) is 0.422. The standard InChI is InChI=1S/C24H19N3O2/c1-28-23-13-21-22(27(16-25-21)19-8-3-2-4-9-19)14-24(23)29-15-18-12-11-17-7-5-6-10-20(17)26-18/h2-14,16H,15H2,1H3. The van der Waals surface area contributed by atoms with E-state index >= 15 is 0 Å². The molecule has 5 rings (SSSR count). The predicted molar refractivity (Wildman–Crippen MR) is 114 cm³/mol. The van der Waals surface area contributed by atoms with Gasteiger partial charge in [0, 0.05) is 23.2 Å². The van der Waals surface area contributed by atoms with E-state index in [0.717, 1.165) is 33.3 Å². The fraction of sp³-hybridized carbons (Fsp3) is 0.0833. The first-order valence-corrected chi connectivity index (χ1v) is 9.40. The second-order valence-electron chi connectivity index (χ2n) is 6.73. The van der Waals surface area contributed by atoms with Crippen LogP contribution >= 0.6 is 0 Å². The van der Waals surface area contributed by atoms with Gasteiger partial charge in [-0.3, -0.25) is 4.57 Å². The van der Waals surface area contributed by atoms with Gasteiger partial charge in [-0.1, -0.05) is 42.5 Å². The Balaban J connectivity index is 1.49. The lowest BCUT2D eigenvalue weighted by atomic mass is 10.2. The van der Waals surface area contributed by atoms with Crippen molar-refractivity contribution in [3.8, 4) is 17.2 Å². The van der Waals surface area contributed by atoms with E-state index in [-0.39, 0.29) is 0 Å². The van der Waals surface area contributed by atoms with E-state index < -0.39 is 0 Å². The number of pyridine rings is 1. The molecule has 0 amide bonds. The van der Waals surface area contributed by atoms with Crippen molar-refractivity contribution in [2.24, 2.45) is 0 Å². The van der Waals surface area contributed by atoms with Crippen LogP contribution in [0.25, 0.3) is 27.6 Å². The van der Waals surface area contributed by atoms with Gasteiger partial charge in [-0.15, -0.1) is 0 Å². The molecule has 0 saturated carbocycles. The zero-order valence-corrected chi connectivity index (χ0v) is 15.9. The third-order valence-corrected chi connectivity index (χ3v) is 4.90. The number of imidazole rings is 1. The average molecular weight is 381 g/mol. The molecule has 0 atom stereocenters. The van der Waals surface area contributed by atoms with E-state index in [1.807, 2.05) is 77.6 Å². The molecule has 0 unspecified atom stereocenters. The fourth-order valence-corrected chi connectivity index (χ4v) is 3.42. The number of aromatic nitrogens is 3. The van der Waals surface area contributed by atoms with Crippen molar-refractivity contribution in [2.45, 2.75) is 6.61 Å². The lowest BCUT2D eigenvalue weighted by molar-refractivity contribution is 0.281. The van der Waals surface area contributed by atoms with Crippen molar-refractivity contribution < 1.29 is 9.47 Å². The Kier molecular flexibility index (Phi) is 4.33. The van der Waals surface area contributed by atoms with Gasteiger partial charge >= 0.3 is 0 Å². The summed E-state index contributed by atoms with van der Waals surface area (Å²) < 4.78 is 13.7. The molecule has 5 heteroatoms. The molecule has 0 saturated heterocycles. The van der Waals surface area contributed by atoms with Gasteiger partial charge in [0.25, 0.3) is 0 Å². The minimum Gasteiger partial charge on any atom is -0.493 e. The van der Waals surface area contributed by atoms with Crippen molar-refractivity contribution in [1.29, 1.82) is 0 Å². The molecule has 142 valence electrons. The first-order valence-electron chi connectivity index (χ1n) is 9.40. The number of hydrogen-bond acceptors (Lipinski definition) is 4. The molecule has 5 aromatic rings. The number of ether oxygens (including phenoxy) is 2. The van der Waals surface area contributed by atoms with Crippen LogP contribution in [0.1, 0.15) is 5.69 Å². The number of hydrogen-bond donors (Lipinski definition) is 0. The Morgan fingerprint density at radius 2 is 1.66 bits per heavy atom. The predicted octanol–water partition coefficient (Wildman–Crippen LogP) is 5.16. The van der Waals surface area contributed by atoms with Crippen molar-refractivity contribution in [1.82, 2.24) is 14.5 Å². The minimum atomic E-state index is 0.353.